The van der Waals surface area contributed by atoms with Crippen LogP contribution in [0.1, 0.15) is 29.0 Å². The third-order valence-electron chi connectivity index (χ3n) is 5.79. The van der Waals surface area contributed by atoms with E-state index in [2.05, 4.69) is 41.1 Å². The summed E-state index contributed by atoms with van der Waals surface area (Å²) in [5.74, 6) is -0.609. The molecule has 2 amide bonds. The van der Waals surface area contributed by atoms with Crippen LogP contribution in [0.2, 0.25) is 0 Å². The first kappa shape index (κ1) is 18.2. The van der Waals surface area contributed by atoms with E-state index in [1.807, 2.05) is 41.3 Å². The molecule has 1 atom stereocenters. The molecule has 1 unspecified atom stereocenters. The Bertz CT molecular complexity index is 1310. The van der Waals surface area contributed by atoms with Gasteiger partial charge in [0.2, 0.25) is 5.91 Å². The minimum atomic E-state index is -0.479. The number of aryl methyl sites for hydroxylation is 1. The zero-order valence-electron chi connectivity index (χ0n) is 16.6. The summed E-state index contributed by atoms with van der Waals surface area (Å²) in [7, 11) is 0. The molecule has 1 aliphatic rings. The zero-order valence-corrected chi connectivity index (χ0v) is 16.6. The van der Waals surface area contributed by atoms with Gasteiger partial charge in [0, 0.05) is 28.4 Å². The normalized spacial score (nSPS) is 16.0. The molecular formula is C24H22N4O2. The maximum Gasteiger partial charge on any atom is 0.255 e. The van der Waals surface area contributed by atoms with Gasteiger partial charge in [-0.3, -0.25) is 9.59 Å². The fourth-order valence-corrected chi connectivity index (χ4v) is 4.52. The number of aromatic nitrogens is 1. The quantitative estimate of drug-likeness (QED) is 0.552. The van der Waals surface area contributed by atoms with Gasteiger partial charge in [-0.05, 0) is 42.8 Å². The van der Waals surface area contributed by atoms with Crippen molar-refractivity contribution in [2.75, 3.05) is 11.4 Å². The summed E-state index contributed by atoms with van der Waals surface area (Å²) >= 11 is 0. The third kappa shape index (κ3) is 2.72. The molecule has 0 saturated heterocycles. The maximum absolute atomic E-state index is 12.8. The molecule has 0 spiro atoms. The third-order valence-corrected chi connectivity index (χ3v) is 5.79. The van der Waals surface area contributed by atoms with Crippen LogP contribution in [0, 0.1) is 0 Å². The van der Waals surface area contributed by atoms with Crippen molar-refractivity contribution in [1.29, 1.82) is 0 Å². The Morgan fingerprint density at radius 1 is 1.00 bits per heavy atom. The largest absolute Gasteiger partial charge is 0.368 e. The summed E-state index contributed by atoms with van der Waals surface area (Å²) in [5.41, 5.74) is 10.0. The van der Waals surface area contributed by atoms with E-state index in [1.54, 1.807) is 6.07 Å². The van der Waals surface area contributed by atoms with E-state index in [0.29, 0.717) is 11.3 Å². The molecule has 3 N–H and O–H groups in total. The van der Waals surface area contributed by atoms with Crippen LogP contribution in [0.25, 0.3) is 21.8 Å². The van der Waals surface area contributed by atoms with Gasteiger partial charge in [0.25, 0.3) is 5.91 Å². The molecule has 30 heavy (non-hydrogen) atoms. The second-order valence-electron chi connectivity index (χ2n) is 7.53. The highest BCUT2D eigenvalue weighted by Crippen LogP contribution is 2.36. The number of primary amides is 1. The summed E-state index contributed by atoms with van der Waals surface area (Å²) in [6.45, 7) is 3.01. The first-order valence-corrected chi connectivity index (χ1v) is 10.0. The van der Waals surface area contributed by atoms with Gasteiger partial charge >= 0.3 is 0 Å². The first-order chi connectivity index (χ1) is 14.6. The van der Waals surface area contributed by atoms with Gasteiger partial charge < -0.3 is 20.5 Å². The number of benzene rings is 3. The Balaban J connectivity index is 1.69. The fourth-order valence-electron chi connectivity index (χ4n) is 4.52. The lowest BCUT2D eigenvalue weighted by Gasteiger charge is -2.38. The van der Waals surface area contributed by atoms with E-state index in [0.717, 1.165) is 23.0 Å². The van der Waals surface area contributed by atoms with E-state index in [1.165, 1.54) is 10.9 Å². The van der Waals surface area contributed by atoms with Gasteiger partial charge in [0.05, 0.1) is 17.8 Å². The Labute approximate surface area is 173 Å². The molecule has 1 aliphatic heterocycles. The molecule has 1 aromatic heterocycles. The van der Waals surface area contributed by atoms with Gasteiger partial charge in [0.15, 0.2) is 0 Å². The molecule has 0 aliphatic carbocycles. The number of amides is 2. The molecule has 5 rings (SSSR count). The second kappa shape index (κ2) is 6.91. The Morgan fingerprint density at radius 3 is 2.53 bits per heavy atom. The number of hydrogen-bond donors (Lipinski definition) is 2. The number of para-hydroxylation sites is 2. The summed E-state index contributed by atoms with van der Waals surface area (Å²) in [5, 5.41) is 5.34. The Morgan fingerprint density at radius 2 is 1.73 bits per heavy atom. The fraction of sp³-hybridized carbons (Fsp3) is 0.167. The standard InChI is InChI=1S/C24H22N4O2/c1-2-27-19-9-5-3-7-16(19)18-13-15(11-12-21(18)27)23-26-24(30)17-8-4-6-10-20(17)28(23)14-22(25)29/h3-13,23H,2,14H2,1H3,(H2,25,29)(H,26,30). The summed E-state index contributed by atoms with van der Waals surface area (Å²) in [4.78, 5) is 26.5. The lowest BCUT2D eigenvalue weighted by atomic mass is 10.0. The van der Waals surface area contributed by atoms with E-state index >= 15 is 0 Å². The second-order valence-corrected chi connectivity index (χ2v) is 7.53. The van der Waals surface area contributed by atoms with Crippen molar-refractivity contribution in [1.82, 2.24) is 9.88 Å². The number of nitrogens with two attached hydrogens (primary N) is 1. The molecule has 6 nitrogen and oxygen atoms in total. The predicted octanol–water partition coefficient (Wildman–Crippen LogP) is 3.55. The van der Waals surface area contributed by atoms with E-state index in [9.17, 15) is 9.59 Å². The molecule has 0 saturated carbocycles. The van der Waals surface area contributed by atoms with Crippen LogP contribution in [-0.4, -0.2) is 22.9 Å². The van der Waals surface area contributed by atoms with Crippen molar-refractivity contribution in [3.63, 3.8) is 0 Å². The SMILES string of the molecule is CCn1c2ccccc2c2cc(C3NC(=O)c4ccccc4N3CC(N)=O)ccc21. The van der Waals surface area contributed by atoms with Crippen LogP contribution in [0.4, 0.5) is 5.69 Å². The highest BCUT2D eigenvalue weighted by atomic mass is 16.2. The van der Waals surface area contributed by atoms with E-state index in [4.69, 9.17) is 5.73 Å². The average Bonchev–Trinajstić information content (AvgIpc) is 3.08. The summed E-state index contributed by atoms with van der Waals surface area (Å²) in [6, 6.07) is 21.8. The highest BCUT2D eigenvalue weighted by Gasteiger charge is 2.32. The number of fused-ring (bicyclic) bond motifs is 4. The van der Waals surface area contributed by atoms with Crippen molar-refractivity contribution >= 4 is 39.3 Å². The van der Waals surface area contributed by atoms with Crippen LogP contribution in [0.5, 0.6) is 0 Å². The minimum absolute atomic E-state index is 0.0106. The van der Waals surface area contributed by atoms with Crippen LogP contribution >= 0.6 is 0 Å². The van der Waals surface area contributed by atoms with Crippen LogP contribution in [0.3, 0.4) is 0 Å². The number of hydrogen-bond acceptors (Lipinski definition) is 3. The van der Waals surface area contributed by atoms with Gasteiger partial charge in [-0.15, -0.1) is 0 Å². The summed E-state index contributed by atoms with van der Waals surface area (Å²) in [6.07, 6.45) is -0.479. The van der Waals surface area contributed by atoms with Crippen LogP contribution in [-0.2, 0) is 11.3 Å². The molecule has 4 aromatic rings. The number of rotatable bonds is 4. The molecule has 6 heteroatoms. The number of anilines is 1. The maximum atomic E-state index is 12.8. The molecule has 3 aromatic carbocycles. The van der Waals surface area contributed by atoms with Gasteiger partial charge in [0.1, 0.15) is 6.17 Å². The van der Waals surface area contributed by atoms with E-state index < -0.39 is 12.1 Å². The molecule has 150 valence electrons. The van der Waals surface area contributed by atoms with Crippen LogP contribution in [0.15, 0.2) is 66.7 Å². The van der Waals surface area contributed by atoms with Crippen molar-refractivity contribution in [2.45, 2.75) is 19.6 Å². The highest BCUT2D eigenvalue weighted by molar-refractivity contribution is 6.08. The summed E-state index contributed by atoms with van der Waals surface area (Å²) < 4.78 is 2.28. The molecule has 0 bridgehead atoms. The van der Waals surface area contributed by atoms with Crippen molar-refractivity contribution in [2.24, 2.45) is 5.73 Å². The first-order valence-electron chi connectivity index (χ1n) is 10.0. The predicted molar refractivity (Wildman–Crippen MR) is 118 cm³/mol. The van der Waals surface area contributed by atoms with Crippen molar-refractivity contribution < 1.29 is 9.59 Å². The van der Waals surface area contributed by atoms with Crippen molar-refractivity contribution in [3.8, 4) is 0 Å². The molecule has 0 fully saturated rings. The topological polar surface area (TPSA) is 80.4 Å². The van der Waals surface area contributed by atoms with Gasteiger partial charge in [-0.25, -0.2) is 0 Å². The molecule has 2 heterocycles. The number of carbonyl (C=O) groups is 2. The lowest BCUT2D eigenvalue weighted by Crippen LogP contribution is -2.49. The number of nitrogens with zero attached hydrogens (tertiary/aromatic N) is 2. The molecule has 0 radical (unpaired) electrons. The van der Waals surface area contributed by atoms with E-state index in [-0.39, 0.29) is 12.5 Å². The average molecular weight is 398 g/mol. The van der Waals surface area contributed by atoms with Gasteiger partial charge in [-0.1, -0.05) is 36.4 Å². The lowest BCUT2D eigenvalue weighted by molar-refractivity contribution is -0.116. The van der Waals surface area contributed by atoms with Crippen molar-refractivity contribution in [3.05, 3.63) is 77.9 Å². The number of carbonyl (C=O) groups excluding carboxylic acids is 2. The zero-order chi connectivity index (χ0) is 20.8. The minimum Gasteiger partial charge on any atom is -0.368 e. The van der Waals surface area contributed by atoms with Gasteiger partial charge in [-0.2, -0.15) is 0 Å². The monoisotopic (exact) mass is 398 g/mol. The number of nitrogens with one attached hydrogen (secondary N) is 1. The van der Waals surface area contributed by atoms with Crippen LogP contribution < -0.4 is 16.0 Å². The Kier molecular flexibility index (Phi) is 4.20. The smallest absolute Gasteiger partial charge is 0.255 e. The Hall–Kier alpha value is -3.80. The molecular weight excluding hydrogens is 376 g/mol.